The molecular weight excluding hydrogens is 327 g/mol. The number of alkyl halides is 2. The van der Waals surface area contributed by atoms with Crippen molar-refractivity contribution in [1.29, 1.82) is 0 Å². The van der Waals surface area contributed by atoms with E-state index in [4.69, 9.17) is 4.42 Å². The van der Waals surface area contributed by atoms with Gasteiger partial charge in [0.1, 0.15) is 17.3 Å². The van der Waals surface area contributed by atoms with Gasteiger partial charge in [-0.15, -0.1) is 0 Å². The highest BCUT2D eigenvalue weighted by Crippen LogP contribution is 2.22. The highest BCUT2D eigenvalue weighted by molar-refractivity contribution is 7.98. The molecule has 0 spiro atoms. The Hall–Kier alpha value is -1.44. The molecule has 2 rings (SSSR count). The quantitative estimate of drug-likeness (QED) is 0.762. The number of hydrogen-bond acceptors (Lipinski definition) is 4. The van der Waals surface area contributed by atoms with Crippen LogP contribution in [0, 0.1) is 5.82 Å². The first-order valence-electron chi connectivity index (χ1n) is 7.03. The van der Waals surface area contributed by atoms with Crippen LogP contribution in [0.3, 0.4) is 0 Å². The fourth-order valence-corrected chi connectivity index (χ4v) is 2.53. The second-order valence-corrected chi connectivity index (χ2v) is 6.30. The molecule has 0 aliphatic heterocycles. The largest absolute Gasteiger partial charge is 0.464 e. The van der Waals surface area contributed by atoms with Crippen molar-refractivity contribution >= 4 is 11.8 Å². The van der Waals surface area contributed by atoms with E-state index in [0.29, 0.717) is 35.4 Å². The predicted octanol–water partition coefficient (Wildman–Crippen LogP) is 3.87. The molecule has 1 atom stereocenters. The van der Waals surface area contributed by atoms with Crippen LogP contribution in [0.2, 0.25) is 0 Å². The summed E-state index contributed by atoms with van der Waals surface area (Å²) in [7, 11) is 0. The first kappa shape index (κ1) is 17.9. The molecule has 23 heavy (non-hydrogen) atoms. The molecule has 0 aliphatic carbocycles. The zero-order chi connectivity index (χ0) is 16.9. The van der Waals surface area contributed by atoms with Gasteiger partial charge in [-0.2, -0.15) is 8.78 Å². The topological polar surface area (TPSA) is 45.4 Å². The molecule has 1 aromatic carbocycles. The summed E-state index contributed by atoms with van der Waals surface area (Å²) in [6, 6.07) is 9.02. The summed E-state index contributed by atoms with van der Waals surface area (Å²) in [6.07, 6.45) is 0. The Kier molecular flexibility index (Phi) is 6.15. The number of rotatable bonds is 8. The van der Waals surface area contributed by atoms with Gasteiger partial charge in [-0.25, -0.2) is 4.39 Å². The van der Waals surface area contributed by atoms with E-state index < -0.39 is 11.4 Å². The fourth-order valence-electron chi connectivity index (χ4n) is 2.08. The van der Waals surface area contributed by atoms with E-state index in [0.717, 1.165) is 0 Å². The SMILES string of the molecule is CC(O)(CNCc1ccc(CSC(F)F)o1)c1ccc(F)cc1. The molecule has 0 aliphatic rings. The van der Waals surface area contributed by atoms with Gasteiger partial charge in [0.25, 0.3) is 5.76 Å². The van der Waals surface area contributed by atoms with Gasteiger partial charge < -0.3 is 14.8 Å². The summed E-state index contributed by atoms with van der Waals surface area (Å²) in [4.78, 5) is 0. The van der Waals surface area contributed by atoms with Gasteiger partial charge in [-0.1, -0.05) is 23.9 Å². The van der Waals surface area contributed by atoms with Gasteiger partial charge in [-0.05, 0) is 36.8 Å². The summed E-state index contributed by atoms with van der Waals surface area (Å²) in [6.45, 7) is 2.22. The van der Waals surface area contributed by atoms with Crippen molar-refractivity contribution in [3.8, 4) is 0 Å². The van der Waals surface area contributed by atoms with E-state index in [9.17, 15) is 18.3 Å². The minimum Gasteiger partial charge on any atom is -0.464 e. The molecule has 1 aromatic heterocycles. The third-order valence-electron chi connectivity index (χ3n) is 3.30. The van der Waals surface area contributed by atoms with Crippen LogP contribution < -0.4 is 5.32 Å². The van der Waals surface area contributed by atoms with Crippen molar-refractivity contribution in [2.75, 3.05) is 6.54 Å². The van der Waals surface area contributed by atoms with Crippen LogP contribution in [-0.4, -0.2) is 17.4 Å². The minimum absolute atomic E-state index is 0.116. The number of benzene rings is 1. The molecule has 0 saturated heterocycles. The predicted molar refractivity (Wildman–Crippen MR) is 83.7 cm³/mol. The third kappa shape index (κ3) is 5.60. The number of aliphatic hydroxyl groups is 1. The Morgan fingerprint density at radius 2 is 1.83 bits per heavy atom. The van der Waals surface area contributed by atoms with Crippen molar-refractivity contribution in [3.05, 3.63) is 59.3 Å². The molecule has 126 valence electrons. The first-order valence-corrected chi connectivity index (χ1v) is 8.08. The van der Waals surface area contributed by atoms with Crippen LogP contribution >= 0.6 is 11.8 Å². The summed E-state index contributed by atoms with van der Waals surface area (Å²) >= 11 is 0.506. The van der Waals surface area contributed by atoms with E-state index in [1.54, 1.807) is 19.1 Å². The summed E-state index contributed by atoms with van der Waals surface area (Å²) < 4.78 is 42.5. The monoisotopic (exact) mass is 345 g/mol. The molecule has 3 nitrogen and oxygen atoms in total. The maximum Gasteiger partial charge on any atom is 0.284 e. The molecule has 0 bridgehead atoms. The average Bonchev–Trinajstić information content (AvgIpc) is 2.93. The lowest BCUT2D eigenvalue weighted by Gasteiger charge is -2.24. The van der Waals surface area contributed by atoms with Crippen LogP contribution in [0.25, 0.3) is 0 Å². The highest BCUT2D eigenvalue weighted by atomic mass is 32.2. The second-order valence-electron chi connectivity index (χ2n) is 5.32. The molecule has 2 aromatic rings. The van der Waals surface area contributed by atoms with Gasteiger partial charge in [0, 0.05) is 6.54 Å². The number of hydrogen-bond donors (Lipinski definition) is 2. The molecule has 0 fully saturated rings. The third-order valence-corrected chi connectivity index (χ3v) is 4.01. The van der Waals surface area contributed by atoms with Crippen LogP contribution in [-0.2, 0) is 17.9 Å². The van der Waals surface area contributed by atoms with Crippen molar-refractivity contribution in [1.82, 2.24) is 5.32 Å². The molecule has 0 radical (unpaired) electrons. The summed E-state index contributed by atoms with van der Waals surface area (Å²) in [5.74, 6) is -1.58. The zero-order valence-electron chi connectivity index (χ0n) is 12.6. The van der Waals surface area contributed by atoms with Crippen molar-refractivity contribution in [3.63, 3.8) is 0 Å². The van der Waals surface area contributed by atoms with Crippen molar-refractivity contribution in [2.24, 2.45) is 0 Å². The van der Waals surface area contributed by atoms with Crippen molar-refractivity contribution < 1.29 is 22.7 Å². The Balaban J connectivity index is 1.83. The Morgan fingerprint density at radius 3 is 2.48 bits per heavy atom. The number of halogens is 3. The van der Waals surface area contributed by atoms with Crippen LogP contribution in [0.5, 0.6) is 0 Å². The number of nitrogens with one attached hydrogen (secondary N) is 1. The lowest BCUT2D eigenvalue weighted by molar-refractivity contribution is 0.0561. The standard InChI is InChI=1S/C16H18F3NO2S/c1-16(21,11-2-4-12(17)5-3-11)10-20-8-13-6-7-14(22-13)9-23-15(18)19/h2-7,15,20-21H,8-10H2,1H3. The van der Waals surface area contributed by atoms with Crippen LogP contribution in [0.1, 0.15) is 24.0 Å². The first-order chi connectivity index (χ1) is 10.9. The Morgan fingerprint density at radius 1 is 1.17 bits per heavy atom. The van der Waals surface area contributed by atoms with Gasteiger partial charge in [-0.3, -0.25) is 0 Å². The smallest absolute Gasteiger partial charge is 0.284 e. The van der Waals surface area contributed by atoms with Gasteiger partial charge >= 0.3 is 0 Å². The normalized spacial score (nSPS) is 14.2. The zero-order valence-corrected chi connectivity index (χ0v) is 13.4. The van der Waals surface area contributed by atoms with Gasteiger partial charge in [0.15, 0.2) is 0 Å². The van der Waals surface area contributed by atoms with E-state index >= 15 is 0 Å². The molecule has 1 unspecified atom stereocenters. The van der Waals surface area contributed by atoms with E-state index in [-0.39, 0.29) is 18.1 Å². The lowest BCUT2D eigenvalue weighted by Crippen LogP contribution is -2.35. The number of furan rings is 1. The maximum atomic E-state index is 12.9. The van der Waals surface area contributed by atoms with E-state index in [1.165, 1.54) is 24.3 Å². The maximum absolute atomic E-state index is 12.9. The molecule has 0 amide bonds. The summed E-state index contributed by atoms with van der Waals surface area (Å²) in [5.41, 5.74) is -0.561. The van der Waals surface area contributed by atoms with E-state index in [2.05, 4.69) is 5.32 Å². The molecular formula is C16H18F3NO2S. The molecule has 0 saturated carbocycles. The molecule has 2 N–H and O–H groups in total. The van der Waals surface area contributed by atoms with Crippen LogP contribution in [0.4, 0.5) is 13.2 Å². The van der Waals surface area contributed by atoms with Crippen molar-refractivity contribution in [2.45, 2.75) is 30.6 Å². The summed E-state index contributed by atoms with van der Waals surface area (Å²) in [5, 5.41) is 13.4. The fraction of sp³-hybridized carbons (Fsp3) is 0.375. The Bertz CT molecular complexity index is 614. The molecule has 1 heterocycles. The van der Waals surface area contributed by atoms with E-state index in [1.807, 2.05) is 0 Å². The minimum atomic E-state index is -2.42. The second kappa shape index (κ2) is 7.90. The molecule has 7 heteroatoms. The van der Waals surface area contributed by atoms with Gasteiger partial charge in [0.05, 0.1) is 17.9 Å². The number of thioether (sulfide) groups is 1. The van der Waals surface area contributed by atoms with Crippen LogP contribution in [0.15, 0.2) is 40.8 Å². The van der Waals surface area contributed by atoms with Gasteiger partial charge in [0.2, 0.25) is 0 Å². The highest BCUT2D eigenvalue weighted by Gasteiger charge is 2.22. The Labute approximate surface area is 136 Å². The average molecular weight is 345 g/mol. The lowest BCUT2D eigenvalue weighted by atomic mass is 9.96.